The first-order valence-corrected chi connectivity index (χ1v) is 9.64. The Kier molecular flexibility index (Phi) is 5.52. The van der Waals surface area contributed by atoms with Crippen LogP contribution >= 0.6 is 0 Å². The number of carbonyl (C=O) groups is 1. The van der Waals surface area contributed by atoms with E-state index in [2.05, 4.69) is 15.2 Å². The summed E-state index contributed by atoms with van der Waals surface area (Å²) in [6.07, 6.45) is 0.770. The third-order valence-electron chi connectivity index (χ3n) is 5.44. The molecule has 4 rings (SSSR count). The zero-order valence-corrected chi connectivity index (χ0v) is 15.5. The van der Waals surface area contributed by atoms with Crippen LogP contribution in [-0.4, -0.2) is 73.2 Å². The van der Waals surface area contributed by atoms with Gasteiger partial charge >= 0.3 is 0 Å². The van der Waals surface area contributed by atoms with Crippen LogP contribution in [0.2, 0.25) is 0 Å². The standard InChI is InChI=1S/C20H26N4O3/c25-19(13-21-6-8-23-9-11-27-12-10-23)24-7-5-16-15-3-1-2-4-17(15)20(26)22-18(16)14-24/h1-4,21H,5-14H2,(H,22,26). The smallest absolute Gasteiger partial charge is 0.256 e. The van der Waals surface area contributed by atoms with Gasteiger partial charge in [-0.15, -0.1) is 0 Å². The number of rotatable bonds is 5. The molecule has 2 aromatic rings. The van der Waals surface area contributed by atoms with Gasteiger partial charge in [-0.3, -0.25) is 14.5 Å². The molecule has 0 atom stereocenters. The van der Waals surface area contributed by atoms with E-state index in [4.69, 9.17) is 4.74 Å². The van der Waals surface area contributed by atoms with Crippen molar-refractivity contribution in [3.05, 3.63) is 45.9 Å². The molecule has 0 spiro atoms. The van der Waals surface area contributed by atoms with E-state index in [9.17, 15) is 9.59 Å². The van der Waals surface area contributed by atoms with Crippen LogP contribution in [0, 0.1) is 0 Å². The molecule has 3 heterocycles. The normalized spacial score (nSPS) is 17.9. The molecular formula is C20H26N4O3. The lowest BCUT2D eigenvalue weighted by Gasteiger charge is -2.30. The highest BCUT2D eigenvalue weighted by atomic mass is 16.5. The van der Waals surface area contributed by atoms with Crippen molar-refractivity contribution in [3.63, 3.8) is 0 Å². The predicted octanol–water partition coefficient (Wildman–Crippen LogP) is 0.335. The minimum absolute atomic E-state index is 0.0802. The summed E-state index contributed by atoms with van der Waals surface area (Å²) >= 11 is 0. The lowest BCUT2D eigenvalue weighted by Crippen LogP contribution is -2.44. The first kappa shape index (κ1) is 18.2. The quantitative estimate of drug-likeness (QED) is 0.742. The second-order valence-electron chi connectivity index (χ2n) is 7.15. The Morgan fingerprint density at radius 1 is 1.15 bits per heavy atom. The van der Waals surface area contributed by atoms with Crippen LogP contribution in [0.25, 0.3) is 10.8 Å². The molecule has 1 fully saturated rings. The van der Waals surface area contributed by atoms with E-state index in [-0.39, 0.29) is 11.5 Å². The average Bonchev–Trinajstić information content (AvgIpc) is 2.71. The molecule has 1 amide bonds. The second kappa shape index (κ2) is 8.21. The van der Waals surface area contributed by atoms with Gasteiger partial charge < -0.3 is 19.9 Å². The molecule has 0 aliphatic carbocycles. The number of H-pyrrole nitrogens is 1. The Labute approximate surface area is 158 Å². The summed E-state index contributed by atoms with van der Waals surface area (Å²) in [6.45, 7) is 6.71. The lowest BCUT2D eigenvalue weighted by molar-refractivity contribution is -0.131. The highest BCUT2D eigenvalue weighted by molar-refractivity contribution is 5.86. The lowest BCUT2D eigenvalue weighted by atomic mass is 9.98. The molecule has 1 saturated heterocycles. The molecule has 7 heteroatoms. The van der Waals surface area contributed by atoms with Crippen molar-refractivity contribution in [3.8, 4) is 0 Å². The number of ether oxygens (including phenoxy) is 1. The van der Waals surface area contributed by atoms with Crippen LogP contribution in [0.15, 0.2) is 29.1 Å². The van der Waals surface area contributed by atoms with Gasteiger partial charge in [0, 0.05) is 43.8 Å². The van der Waals surface area contributed by atoms with E-state index in [1.165, 1.54) is 0 Å². The van der Waals surface area contributed by atoms with Crippen molar-refractivity contribution in [2.24, 2.45) is 0 Å². The molecule has 27 heavy (non-hydrogen) atoms. The summed E-state index contributed by atoms with van der Waals surface area (Å²) in [4.78, 5) is 32.0. The zero-order valence-electron chi connectivity index (χ0n) is 15.5. The number of carbonyl (C=O) groups excluding carboxylic acids is 1. The Hall–Kier alpha value is -2.22. The minimum Gasteiger partial charge on any atom is -0.379 e. The molecule has 1 aromatic heterocycles. The van der Waals surface area contributed by atoms with Gasteiger partial charge in [-0.2, -0.15) is 0 Å². The SMILES string of the molecule is O=C(CNCCN1CCOCC1)N1CCc2c([nH]c(=O)c3ccccc23)C1. The summed E-state index contributed by atoms with van der Waals surface area (Å²) in [6, 6.07) is 7.68. The average molecular weight is 370 g/mol. The van der Waals surface area contributed by atoms with Crippen LogP contribution in [0.5, 0.6) is 0 Å². The van der Waals surface area contributed by atoms with Crippen molar-refractivity contribution >= 4 is 16.7 Å². The van der Waals surface area contributed by atoms with Crippen molar-refractivity contribution in [2.45, 2.75) is 13.0 Å². The highest BCUT2D eigenvalue weighted by Gasteiger charge is 2.23. The fourth-order valence-corrected chi connectivity index (χ4v) is 3.91. The fraction of sp³-hybridized carbons (Fsp3) is 0.500. The maximum atomic E-state index is 12.5. The highest BCUT2D eigenvalue weighted by Crippen LogP contribution is 2.23. The molecule has 1 aromatic carbocycles. The molecule has 0 radical (unpaired) electrons. The maximum Gasteiger partial charge on any atom is 0.256 e. The topological polar surface area (TPSA) is 77.7 Å². The van der Waals surface area contributed by atoms with Crippen molar-refractivity contribution in [1.29, 1.82) is 0 Å². The van der Waals surface area contributed by atoms with Gasteiger partial charge in [0.2, 0.25) is 5.91 Å². The fourth-order valence-electron chi connectivity index (χ4n) is 3.91. The molecular weight excluding hydrogens is 344 g/mol. The molecule has 0 bridgehead atoms. The summed E-state index contributed by atoms with van der Waals surface area (Å²) in [5, 5.41) is 4.98. The van der Waals surface area contributed by atoms with E-state index in [0.29, 0.717) is 19.6 Å². The van der Waals surface area contributed by atoms with E-state index in [1.807, 2.05) is 29.2 Å². The van der Waals surface area contributed by atoms with Crippen LogP contribution in [0.4, 0.5) is 0 Å². The van der Waals surface area contributed by atoms with Crippen LogP contribution in [0.1, 0.15) is 11.3 Å². The van der Waals surface area contributed by atoms with Gasteiger partial charge in [-0.25, -0.2) is 0 Å². The number of aromatic nitrogens is 1. The minimum atomic E-state index is -0.0812. The third kappa shape index (κ3) is 4.05. The number of hydrogen-bond donors (Lipinski definition) is 2. The van der Waals surface area contributed by atoms with Gasteiger partial charge in [0.15, 0.2) is 0 Å². The Balaban J connectivity index is 1.33. The third-order valence-corrected chi connectivity index (χ3v) is 5.44. The van der Waals surface area contributed by atoms with E-state index < -0.39 is 0 Å². The number of morpholine rings is 1. The maximum absolute atomic E-state index is 12.5. The number of nitrogens with zero attached hydrogens (tertiary/aromatic N) is 2. The molecule has 2 aliphatic heterocycles. The number of pyridine rings is 1. The number of aromatic amines is 1. The zero-order chi connectivity index (χ0) is 18.6. The Bertz CT molecular complexity index is 873. The van der Waals surface area contributed by atoms with Crippen molar-refractivity contribution in [1.82, 2.24) is 20.1 Å². The first-order valence-electron chi connectivity index (χ1n) is 9.64. The first-order chi connectivity index (χ1) is 13.2. The second-order valence-corrected chi connectivity index (χ2v) is 7.15. The van der Waals surface area contributed by atoms with Crippen LogP contribution < -0.4 is 10.9 Å². The monoisotopic (exact) mass is 370 g/mol. The van der Waals surface area contributed by atoms with Crippen molar-refractivity contribution in [2.75, 3.05) is 52.5 Å². The number of fused-ring (bicyclic) bond motifs is 3. The Morgan fingerprint density at radius 2 is 1.93 bits per heavy atom. The van der Waals surface area contributed by atoms with Crippen molar-refractivity contribution < 1.29 is 9.53 Å². The van der Waals surface area contributed by atoms with Gasteiger partial charge in [0.25, 0.3) is 5.56 Å². The molecule has 2 aliphatic rings. The van der Waals surface area contributed by atoms with Gasteiger partial charge in [0.05, 0.1) is 26.3 Å². The van der Waals surface area contributed by atoms with E-state index in [0.717, 1.165) is 67.8 Å². The van der Waals surface area contributed by atoms with Gasteiger partial charge in [0.1, 0.15) is 0 Å². The molecule has 7 nitrogen and oxygen atoms in total. The number of amides is 1. The summed E-state index contributed by atoms with van der Waals surface area (Å²) < 4.78 is 5.34. The van der Waals surface area contributed by atoms with E-state index in [1.54, 1.807) is 0 Å². The summed E-state index contributed by atoms with van der Waals surface area (Å²) in [5.74, 6) is 0.0802. The number of nitrogens with one attached hydrogen (secondary N) is 2. The Morgan fingerprint density at radius 3 is 2.74 bits per heavy atom. The summed E-state index contributed by atoms with van der Waals surface area (Å²) in [5.41, 5.74) is 1.95. The molecule has 2 N–H and O–H groups in total. The van der Waals surface area contributed by atoms with Crippen LogP contribution in [0.3, 0.4) is 0 Å². The largest absolute Gasteiger partial charge is 0.379 e. The summed E-state index contributed by atoms with van der Waals surface area (Å²) in [7, 11) is 0. The van der Waals surface area contributed by atoms with Gasteiger partial charge in [-0.1, -0.05) is 18.2 Å². The van der Waals surface area contributed by atoms with Crippen LogP contribution in [-0.2, 0) is 22.5 Å². The van der Waals surface area contributed by atoms with E-state index >= 15 is 0 Å². The molecule has 0 unspecified atom stereocenters. The molecule has 0 saturated carbocycles. The number of benzene rings is 1. The predicted molar refractivity (Wildman–Crippen MR) is 104 cm³/mol. The molecule has 144 valence electrons. The van der Waals surface area contributed by atoms with Gasteiger partial charge in [-0.05, 0) is 23.4 Å². The number of hydrogen-bond acceptors (Lipinski definition) is 5.